The van der Waals surface area contributed by atoms with Crippen LogP contribution in [0.15, 0.2) is 16.2 Å². The van der Waals surface area contributed by atoms with Crippen molar-refractivity contribution >= 4 is 22.2 Å². The molecule has 4 heterocycles. The lowest BCUT2D eigenvalue weighted by Crippen LogP contribution is -2.38. The Bertz CT molecular complexity index is 1140. The number of nitrogens with one attached hydrogen (secondary N) is 1. The van der Waals surface area contributed by atoms with E-state index in [4.69, 9.17) is 4.74 Å². The second kappa shape index (κ2) is 9.29. The Morgan fingerprint density at radius 1 is 1.29 bits per heavy atom. The number of nitrogens with zero attached hydrogens (tertiary/aromatic N) is 5. The van der Waals surface area contributed by atoms with Gasteiger partial charge in [-0.1, -0.05) is 0 Å². The number of carbonyl (C=O) groups excluding carboxylic acids is 1. The van der Waals surface area contributed by atoms with E-state index in [9.17, 15) is 9.59 Å². The minimum atomic E-state index is -0.165. The van der Waals surface area contributed by atoms with E-state index in [1.54, 1.807) is 9.08 Å². The molecule has 9 nitrogen and oxygen atoms in total. The van der Waals surface area contributed by atoms with Gasteiger partial charge in [-0.2, -0.15) is 5.10 Å². The number of aryl methyl sites for hydroxylation is 3. The molecule has 1 fully saturated rings. The summed E-state index contributed by atoms with van der Waals surface area (Å²) in [6.07, 6.45) is 1.03. The summed E-state index contributed by atoms with van der Waals surface area (Å²) in [5, 5.41) is 9.17. The number of carbonyl (C=O) groups is 1. The van der Waals surface area contributed by atoms with Crippen molar-refractivity contribution in [3.63, 3.8) is 0 Å². The molecule has 0 spiro atoms. The molecule has 1 N–H and O–H groups in total. The number of hydrogen-bond acceptors (Lipinski definition) is 7. The standard InChI is InChI=1S/C21H28N6O3S/c1-14-11-17(25(3)24-14)19-15(2)23-21-27(20(19)29)16(13-31-21)12-18(28)22-5-4-6-26-7-9-30-10-8-26/h11,13H,4-10,12H2,1-3H3,(H,22,28). The van der Waals surface area contributed by atoms with Gasteiger partial charge >= 0.3 is 0 Å². The Balaban J connectivity index is 1.47. The summed E-state index contributed by atoms with van der Waals surface area (Å²) in [6.45, 7) is 8.73. The highest BCUT2D eigenvalue weighted by molar-refractivity contribution is 7.15. The summed E-state index contributed by atoms with van der Waals surface area (Å²) in [7, 11) is 1.81. The number of fused-ring (bicyclic) bond motifs is 1. The number of hydrogen-bond donors (Lipinski definition) is 1. The molecule has 1 saturated heterocycles. The van der Waals surface area contributed by atoms with Crippen LogP contribution in [0.1, 0.15) is 23.5 Å². The number of ether oxygens (including phenoxy) is 1. The molecule has 0 aromatic carbocycles. The topological polar surface area (TPSA) is 93.8 Å². The van der Waals surface area contributed by atoms with Crippen molar-refractivity contribution in [2.75, 3.05) is 39.4 Å². The van der Waals surface area contributed by atoms with E-state index in [2.05, 4.69) is 20.3 Å². The Morgan fingerprint density at radius 3 is 2.77 bits per heavy atom. The summed E-state index contributed by atoms with van der Waals surface area (Å²) >= 11 is 1.38. The second-order valence-electron chi connectivity index (χ2n) is 7.85. The molecule has 0 aliphatic carbocycles. The van der Waals surface area contributed by atoms with Gasteiger partial charge in [-0.05, 0) is 32.9 Å². The van der Waals surface area contributed by atoms with Crippen molar-refractivity contribution in [3.05, 3.63) is 38.9 Å². The summed E-state index contributed by atoms with van der Waals surface area (Å²) in [5.41, 5.74) is 3.24. The maximum absolute atomic E-state index is 13.4. The fourth-order valence-electron chi connectivity index (χ4n) is 3.95. The second-order valence-corrected chi connectivity index (χ2v) is 8.69. The van der Waals surface area contributed by atoms with Crippen molar-refractivity contribution in [1.82, 2.24) is 29.4 Å². The molecule has 3 aromatic heterocycles. The van der Waals surface area contributed by atoms with E-state index in [1.165, 1.54) is 11.3 Å². The van der Waals surface area contributed by atoms with Crippen molar-refractivity contribution in [3.8, 4) is 11.3 Å². The highest BCUT2D eigenvalue weighted by atomic mass is 32.1. The Morgan fingerprint density at radius 2 is 2.06 bits per heavy atom. The molecule has 0 radical (unpaired) electrons. The largest absolute Gasteiger partial charge is 0.379 e. The number of thiazole rings is 1. The van der Waals surface area contributed by atoms with E-state index in [0.29, 0.717) is 28.5 Å². The lowest BCUT2D eigenvalue weighted by atomic mass is 10.1. The van der Waals surface area contributed by atoms with Crippen molar-refractivity contribution in [2.45, 2.75) is 26.7 Å². The molecule has 0 bridgehead atoms. The Labute approximate surface area is 184 Å². The van der Waals surface area contributed by atoms with Gasteiger partial charge in [0.2, 0.25) is 5.91 Å². The molecule has 1 aliphatic rings. The zero-order chi connectivity index (χ0) is 22.0. The van der Waals surface area contributed by atoms with Crippen molar-refractivity contribution < 1.29 is 9.53 Å². The number of morpholine rings is 1. The summed E-state index contributed by atoms with van der Waals surface area (Å²) in [4.78, 5) is 33.4. The van der Waals surface area contributed by atoms with Gasteiger partial charge < -0.3 is 10.1 Å². The molecular formula is C21H28N6O3S. The first kappa shape index (κ1) is 21.7. The molecule has 0 atom stereocenters. The highest BCUT2D eigenvalue weighted by Crippen LogP contribution is 2.22. The van der Waals surface area contributed by atoms with Gasteiger partial charge in [-0.15, -0.1) is 11.3 Å². The smallest absolute Gasteiger partial charge is 0.268 e. The molecule has 166 valence electrons. The number of amides is 1. The third-order valence-electron chi connectivity index (χ3n) is 5.50. The number of aromatic nitrogens is 4. The third kappa shape index (κ3) is 4.70. The first-order valence-electron chi connectivity index (χ1n) is 10.5. The van der Waals surface area contributed by atoms with Crippen LogP contribution < -0.4 is 10.9 Å². The number of rotatable bonds is 7. The lowest BCUT2D eigenvalue weighted by Gasteiger charge is -2.26. The Kier molecular flexibility index (Phi) is 6.49. The van der Waals surface area contributed by atoms with E-state index in [0.717, 1.165) is 50.7 Å². The minimum Gasteiger partial charge on any atom is -0.379 e. The van der Waals surface area contributed by atoms with Gasteiger partial charge in [0.1, 0.15) is 0 Å². The molecule has 3 aromatic rings. The molecule has 1 aliphatic heterocycles. The first-order valence-corrected chi connectivity index (χ1v) is 11.4. The molecule has 0 unspecified atom stereocenters. The maximum atomic E-state index is 13.4. The quantitative estimate of drug-likeness (QED) is 0.550. The van der Waals surface area contributed by atoms with E-state index in [1.807, 2.05) is 32.3 Å². The highest BCUT2D eigenvalue weighted by Gasteiger charge is 2.19. The first-order chi connectivity index (χ1) is 14.9. The van der Waals surface area contributed by atoms with Crippen LogP contribution in [0, 0.1) is 13.8 Å². The van der Waals surface area contributed by atoms with Crippen LogP contribution in [0.4, 0.5) is 0 Å². The van der Waals surface area contributed by atoms with Crippen LogP contribution in [0.25, 0.3) is 16.2 Å². The maximum Gasteiger partial charge on any atom is 0.268 e. The summed E-state index contributed by atoms with van der Waals surface area (Å²) in [5.74, 6) is -0.0907. The van der Waals surface area contributed by atoms with Crippen LogP contribution in [-0.2, 0) is 23.0 Å². The van der Waals surface area contributed by atoms with Gasteiger partial charge in [-0.3, -0.25) is 23.6 Å². The van der Waals surface area contributed by atoms with E-state index >= 15 is 0 Å². The average molecular weight is 445 g/mol. The van der Waals surface area contributed by atoms with Gasteiger partial charge in [0.25, 0.3) is 5.56 Å². The zero-order valence-corrected chi connectivity index (χ0v) is 19.0. The fraction of sp³-hybridized carbons (Fsp3) is 0.524. The van der Waals surface area contributed by atoms with Crippen molar-refractivity contribution in [1.29, 1.82) is 0 Å². The van der Waals surface area contributed by atoms with E-state index < -0.39 is 0 Å². The minimum absolute atomic E-state index is 0.0907. The lowest BCUT2D eigenvalue weighted by molar-refractivity contribution is -0.120. The molecular weight excluding hydrogens is 416 g/mol. The Hall–Kier alpha value is -2.56. The SMILES string of the molecule is Cc1cc(-c2c(C)nc3scc(CC(=O)NCCCN4CCOCC4)n3c2=O)n(C)n1. The zero-order valence-electron chi connectivity index (χ0n) is 18.2. The molecule has 0 saturated carbocycles. The molecule has 1 amide bonds. The van der Waals surface area contributed by atoms with Gasteiger partial charge in [0.05, 0.1) is 42.3 Å². The predicted octanol–water partition coefficient (Wildman–Crippen LogP) is 1.15. The normalized spacial score (nSPS) is 14.9. The van der Waals surface area contributed by atoms with Gasteiger partial charge in [0, 0.05) is 37.8 Å². The summed E-state index contributed by atoms with van der Waals surface area (Å²) in [6, 6.07) is 1.88. The average Bonchev–Trinajstić information content (AvgIpc) is 3.28. The van der Waals surface area contributed by atoms with Crippen LogP contribution >= 0.6 is 11.3 Å². The van der Waals surface area contributed by atoms with Crippen LogP contribution in [0.5, 0.6) is 0 Å². The third-order valence-corrected chi connectivity index (χ3v) is 6.37. The van der Waals surface area contributed by atoms with Gasteiger partial charge in [0.15, 0.2) is 4.96 Å². The molecule has 31 heavy (non-hydrogen) atoms. The van der Waals surface area contributed by atoms with Crippen LogP contribution in [0.3, 0.4) is 0 Å². The molecule has 4 rings (SSSR count). The monoisotopic (exact) mass is 444 g/mol. The van der Waals surface area contributed by atoms with Crippen LogP contribution in [0.2, 0.25) is 0 Å². The van der Waals surface area contributed by atoms with Crippen LogP contribution in [-0.4, -0.2) is 69.4 Å². The van der Waals surface area contributed by atoms with Gasteiger partial charge in [-0.25, -0.2) is 4.98 Å². The molecule has 10 heteroatoms. The fourth-order valence-corrected chi connectivity index (χ4v) is 4.88. The summed E-state index contributed by atoms with van der Waals surface area (Å²) < 4.78 is 8.60. The predicted molar refractivity (Wildman–Crippen MR) is 120 cm³/mol. The van der Waals surface area contributed by atoms with Crippen molar-refractivity contribution in [2.24, 2.45) is 7.05 Å². The van der Waals surface area contributed by atoms with E-state index in [-0.39, 0.29) is 17.9 Å².